The number of primary amides is 1. The molecule has 74 valence electrons. The lowest BCUT2D eigenvalue weighted by molar-refractivity contribution is -0.127. The molecular weight excluding hydrogens is 170 g/mol. The van der Waals surface area contributed by atoms with Crippen molar-refractivity contribution in [1.29, 1.82) is 0 Å². The molecule has 0 spiro atoms. The molecular formula is C8H15N3O2. The molecule has 1 unspecified atom stereocenters. The molecule has 0 saturated heterocycles. The van der Waals surface area contributed by atoms with Crippen LogP contribution in [-0.2, 0) is 9.59 Å². The third kappa shape index (κ3) is 3.02. The second-order valence-electron chi connectivity index (χ2n) is 3.41. The molecule has 1 rings (SSSR count). The van der Waals surface area contributed by atoms with E-state index in [9.17, 15) is 9.59 Å². The lowest BCUT2D eigenvalue weighted by atomic mass is 9.93. The highest BCUT2D eigenvalue weighted by Gasteiger charge is 2.23. The first-order chi connectivity index (χ1) is 6.09. The maximum atomic E-state index is 11.2. The number of nitrogens with one attached hydrogen (secondary N) is 1. The molecule has 1 aliphatic rings. The molecule has 1 saturated carbocycles. The summed E-state index contributed by atoms with van der Waals surface area (Å²) in [5.74, 6) is -0.820. The second-order valence-corrected chi connectivity index (χ2v) is 3.41. The summed E-state index contributed by atoms with van der Waals surface area (Å²) in [7, 11) is 0. The van der Waals surface area contributed by atoms with Gasteiger partial charge in [-0.2, -0.15) is 0 Å². The monoisotopic (exact) mass is 185 g/mol. The van der Waals surface area contributed by atoms with Gasteiger partial charge in [0, 0.05) is 6.04 Å². The smallest absolute Gasteiger partial charge is 0.237 e. The Hall–Kier alpha value is -1.10. The van der Waals surface area contributed by atoms with Gasteiger partial charge >= 0.3 is 0 Å². The van der Waals surface area contributed by atoms with Crippen molar-refractivity contribution in [2.24, 2.45) is 11.5 Å². The summed E-state index contributed by atoms with van der Waals surface area (Å²) in [5.41, 5.74) is 10.3. The zero-order valence-corrected chi connectivity index (χ0v) is 7.45. The van der Waals surface area contributed by atoms with Gasteiger partial charge in [-0.05, 0) is 19.3 Å². The summed E-state index contributed by atoms with van der Waals surface area (Å²) in [6.07, 6.45) is 3.08. The summed E-state index contributed by atoms with van der Waals surface area (Å²) in [4.78, 5) is 21.7. The third-order valence-corrected chi connectivity index (χ3v) is 2.21. The van der Waals surface area contributed by atoms with Gasteiger partial charge in [0.2, 0.25) is 11.8 Å². The third-order valence-electron chi connectivity index (χ3n) is 2.21. The van der Waals surface area contributed by atoms with Crippen molar-refractivity contribution in [3.63, 3.8) is 0 Å². The minimum Gasteiger partial charge on any atom is -0.370 e. The number of hydrogen-bond donors (Lipinski definition) is 3. The Morgan fingerprint density at radius 2 is 2.08 bits per heavy atom. The Morgan fingerprint density at radius 1 is 1.46 bits per heavy atom. The van der Waals surface area contributed by atoms with Crippen LogP contribution in [0.1, 0.15) is 25.7 Å². The van der Waals surface area contributed by atoms with Gasteiger partial charge in [0.15, 0.2) is 0 Å². The fourth-order valence-electron chi connectivity index (χ4n) is 1.17. The summed E-state index contributed by atoms with van der Waals surface area (Å²) < 4.78 is 0. The zero-order valence-electron chi connectivity index (χ0n) is 7.45. The molecule has 1 fully saturated rings. The normalized spacial score (nSPS) is 18.8. The van der Waals surface area contributed by atoms with Gasteiger partial charge in [-0.25, -0.2) is 0 Å². The maximum absolute atomic E-state index is 11.2. The van der Waals surface area contributed by atoms with Crippen LogP contribution in [0.5, 0.6) is 0 Å². The molecule has 0 radical (unpaired) electrons. The molecule has 1 aliphatic carbocycles. The number of rotatable bonds is 4. The lowest BCUT2D eigenvalue weighted by Crippen LogP contribution is -2.48. The Labute approximate surface area is 76.8 Å². The fourth-order valence-corrected chi connectivity index (χ4v) is 1.17. The number of carbonyl (C=O) groups is 2. The molecule has 1 atom stereocenters. The van der Waals surface area contributed by atoms with Gasteiger partial charge in [0.05, 0.1) is 12.5 Å². The highest BCUT2D eigenvalue weighted by molar-refractivity contribution is 5.87. The quantitative estimate of drug-likeness (QED) is 0.516. The van der Waals surface area contributed by atoms with E-state index in [1.54, 1.807) is 0 Å². The molecule has 0 aromatic heterocycles. The fraction of sp³-hybridized carbons (Fsp3) is 0.750. The molecule has 0 aromatic rings. The van der Waals surface area contributed by atoms with Crippen molar-refractivity contribution in [3.05, 3.63) is 0 Å². The van der Waals surface area contributed by atoms with Crippen LogP contribution in [-0.4, -0.2) is 23.9 Å². The van der Waals surface area contributed by atoms with Gasteiger partial charge in [-0.1, -0.05) is 0 Å². The SMILES string of the molecule is NC(=O)CC(N)C(=O)NC1CCC1. The van der Waals surface area contributed by atoms with Gasteiger partial charge < -0.3 is 16.8 Å². The second kappa shape index (κ2) is 4.23. The van der Waals surface area contributed by atoms with Gasteiger partial charge in [0.1, 0.15) is 0 Å². The molecule has 5 heteroatoms. The van der Waals surface area contributed by atoms with E-state index >= 15 is 0 Å². The van der Waals surface area contributed by atoms with Crippen LogP contribution in [0.3, 0.4) is 0 Å². The molecule has 5 nitrogen and oxygen atoms in total. The van der Waals surface area contributed by atoms with Crippen LogP contribution in [0.4, 0.5) is 0 Å². The minimum atomic E-state index is -0.793. The van der Waals surface area contributed by atoms with Crippen LogP contribution in [0, 0.1) is 0 Å². The van der Waals surface area contributed by atoms with Crippen LogP contribution in [0.2, 0.25) is 0 Å². The first-order valence-corrected chi connectivity index (χ1v) is 4.44. The Balaban J connectivity index is 2.24. The topological polar surface area (TPSA) is 98.2 Å². The van der Waals surface area contributed by atoms with Gasteiger partial charge in [-0.3, -0.25) is 9.59 Å². The van der Waals surface area contributed by atoms with Gasteiger partial charge in [-0.15, -0.1) is 0 Å². The zero-order chi connectivity index (χ0) is 9.84. The van der Waals surface area contributed by atoms with E-state index in [0.717, 1.165) is 19.3 Å². The number of nitrogens with two attached hydrogens (primary N) is 2. The van der Waals surface area contributed by atoms with E-state index in [2.05, 4.69) is 5.32 Å². The van der Waals surface area contributed by atoms with Crippen molar-refractivity contribution in [2.75, 3.05) is 0 Å². The van der Waals surface area contributed by atoms with Crippen molar-refractivity contribution in [2.45, 2.75) is 37.8 Å². The Kier molecular flexibility index (Phi) is 3.25. The lowest BCUT2D eigenvalue weighted by Gasteiger charge is -2.27. The summed E-state index contributed by atoms with van der Waals surface area (Å²) >= 11 is 0. The van der Waals surface area contributed by atoms with Crippen LogP contribution in [0.15, 0.2) is 0 Å². The van der Waals surface area contributed by atoms with Gasteiger partial charge in [0.25, 0.3) is 0 Å². The van der Waals surface area contributed by atoms with E-state index in [0.29, 0.717) is 0 Å². The molecule has 2 amide bonds. The highest BCUT2D eigenvalue weighted by atomic mass is 16.2. The molecule has 5 N–H and O–H groups in total. The van der Waals surface area contributed by atoms with E-state index in [1.807, 2.05) is 0 Å². The summed E-state index contributed by atoms with van der Waals surface area (Å²) in [6.45, 7) is 0. The standard InChI is InChI=1S/C8H15N3O2/c9-6(4-7(10)12)8(13)11-5-2-1-3-5/h5-6H,1-4,9H2,(H2,10,12)(H,11,13). The first kappa shape index (κ1) is 9.98. The summed E-state index contributed by atoms with van der Waals surface area (Å²) in [5, 5.41) is 2.75. The molecule has 13 heavy (non-hydrogen) atoms. The highest BCUT2D eigenvalue weighted by Crippen LogP contribution is 2.17. The van der Waals surface area contributed by atoms with Crippen molar-refractivity contribution in [1.82, 2.24) is 5.32 Å². The largest absolute Gasteiger partial charge is 0.370 e. The number of carbonyl (C=O) groups excluding carboxylic acids is 2. The maximum Gasteiger partial charge on any atom is 0.237 e. The van der Waals surface area contributed by atoms with E-state index < -0.39 is 11.9 Å². The first-order valence-electron chi connectivity index (χ1n) is 4.44. The van der Waals surface area contributed by atoms with E-state index in [-0.39, 0.29) is 18.4 Å². The van der Waals surface area contributed by atoms with E-state index in [4.69, 9.17) is 11.5 Å². The van der Waals surface area contributed by atoms with E-state index in [1.165, 1.54) is 0 Å². The van der Waals surface area contributed by atoms with Crippen molar-refractivity contribution in [3.8, 4) is 0 Å². The number of hydrogen-bond acceptors (Lipinski definition) is 3. The molecule has 0 aliphatic heterocycles. The average Bonchev–Trinajstić information content (AvgIpc) is 1.94. The summed E-state index contributed by atoms with van der Waals surface area (Å²) in [6, 6.07) is -0.537. The molecule has 0 aromatic carbocycles. The van der Waals surface area contributed by atoms with Crippen molar-refractivity contribution >= 4 is 11.8 Å². The van der Waals surface area contributed by atoms with Crippen LogP contribution >= 0.6 is 0 Å². The number of amides is 2. The van der Waals surface area contributed by atoms with Crippen LogP contribution in [0.25, 0.3) is 0 Å². The Bertz CT molecular complexity index is 213. The molecule has 0 bridgehead atoms. The minimum absolute atomic E-state index is 0.0848. The van der Waals surface area contributed by atoms with Crippen molar-refractivity contribution < 1.29 is 9.59 Å². The molecule has 0 heterocycles. The average molecular weight is 185 g/mol. The van der Waals surface area contributed by atoms with Crippen LogP contribution < -0.4 is 16.8 Å². The predicted octanol–water partition coefficient (Wildman–Crippen LogP) is -1.14. The Morgan fingerprint density at radius 3 is 2.46 bits per heavy atom. The predicted molar refractivity (Wildman–Crippen MR) is 47.6 cm³/mol.